The van der Waals surface area contributed by atoms with Crippen LogP contribution in [-0.2, 0) is 34.3 Å². The van der Waals surface area contributed by atoms with Gasteiger partial charge in [-0.15, -0.1) is 11.3 Å². The lowest BCUT2D eigenvalue weighted by Crippen LogP contribution is -2.41. The first-order valence-electron chi connectivity index (χ1n) is 16.0. The van der Waals surface area contributed by atoms with E-state index in [-0.39, 0.29) is 16.7 Å². The van der Waals surface area contributed by atoms with Gasteiger partial charge in [0.15, 0.2) is 0 Å². The second kappa shape index (κ2) is 15.5. The second-order valence-corrected chi connectivity index (χ2v) is 14.7. The molecule has 0 atom stereocenters. The fourth-order valence-electron chi connectivity index (χ4n) is 5.80. The van der Waals surface area contributed by atoms with Crippen molar-refractivity contribution >= 4 is 38.2 Å². The van der Waals surface area contributed by atoms with Crippen molar-refractivity contribution in [3.8, 4) is 0 Å². The number of carbonyl (C=O) groups is 2. The number of thiophene rings is 1. The molecule has 0 bridgehead atoms. The first kappa shape index (κ1) is 33.3. The van der Waals surface area contributed by atoms with Crippen LogP contribution < -0.4 is 5.32 Å². The van der Waals surface area contributed by atoms with Crippen LogP contribution in [0.1, 0.15) is 76.3 Å². The predicted octanol–water partition coefficient (Wildman–Crippen LogP) is 5.62. The average molecular weight is 653 g/mol. The van der Waals surface area contributed by atoms with Crippen molar-refractivity contribution in [3.63, 3.8) is 0 Å². The van der Waals surface area contributed by atoms with E-state index in [0.717, 1.165) is 55.6 Å². The van der Waals surface area contributed by atoms with Crippen LogP contribution in [0.15, 0.2) is 59.5 Å². The number of rotatable bonds is 13. The van der Waals surface area contributed by atoms with Crippen LogP contribution in [0, 0.1) is 0 Å². The van der Waals surface area contributed by atoms with Crippen LogP contribution in [-0.4, -0.2) is 80.3 Å². The highest BCUT2D eigenvalue weighted by atomic mass is 32.2. The maximum absolute atomic E-state index is 13.9. The van der Waals surface area contributed by atoms with Crippen molar-refractivity contribution in [2.24, 2.45) is 0 Å². The van der Waals surface area contributed by atoms with Gasteiger partial charge in [0.25, 0.3) is 11.8 Å². The molecule has 3 heterocycles. The van der Waals surface area contributed by atoms with Crippen LogP contribution in [0.5, 0.6) is 0 Å². The fraction of sp³-hybridized carbons (Fsp3) is 0.471. The smallest absolute Gasteiger partial charge is 0.257 e. The highest BCUT2D eigenvalue weighted by Crippen LogP contribution is 2.39. The molecule has 242 valence electrons. The van der Waals surface area contributed by atoms with E-state index < -0.39 is 10.0 Å². The molecular formula is C34H44N4O5S2. The predicted molar refractivity (Wildman–Crippen MR) is 178 cm³/mol. The van der Waals surface area contributed by atoms with Gasteiger partial charge in [-0.1, -0.05) is 57.0 Å². The molecule has 1 N–H and O–H groups in total. The summed E-state index contributed by atoms with van der Waals surface area (Å²) in [5.74, 6) is -0.452. The summed E-state index contributed by atoms with van der Waals surface area (Å²) in [6.45, 7) is 9.40. The summed E-state index contributed by atoms with van der Waals surface area (Å²) in [7, 11) is -3.67. The number of nitrogens with one attached hydrogen (secondary N) is 1. The van der Waals surface area contributed by atoms with E-state index in [9.17, 15) is 18.0 Å². The molecule has 0 saturated carbocycles. The molecule has 5 rings (SSSR count). The van der Waals surface area contributed by atoms with Gasteiger partial charge in [0.2, 0.25) is 10.0 Å². The van der Waals surface area contributed by atoms with Gasteiger partial charge in [0.05, 0.1) is 23.7 Å². The zero-order chi connectivity index (χ0) is 31.8. The van der Waals surface area contributed by atoms with Crippen molar-refractivity contribution in [3.05, 3.63) is 81.7 Å². The lowest BCUT2D eigenvalue weighted by atomic mass is 10.0. The van der Waals surface area contributed by atoms with E-state index in [1.165, 1.54) is 29.0 Å². The number of anilines is 1. The molecule has 1 fully saturated rings. The molecule has 1 aromatic heterocycles. The van der Waals surface area contributed by atoms with Crippen LogP contribution in [0.3, 0.4) is 0 Å². The van der Waals surface area contributed by atoms with Gasteiger partial charge in [-0.3, -0.25) is 14.5 Å². The summed E-state index contributed by atoms with van der Waals surface area (Å²) in [6, 6.07) is 16.5. The maximum Gasteiger partial charge on any atom is 0.257 e. The third-order valence-electron chi connectivity index (χ3n) is 8.40. The van der Waals surface area contributed by atoms with Gasteiger partial charge in [-0.05, 0) is 54.7 Å². The topological polar surface area (TPSA) is 99.3 Å². The van der Waals surface area contributed by atoms with Crippen LogP contribution in [0.2, 0.25) is 0 Å². The van der Waals surface area contributed by atoms with Crippen LogP contribution in [0.25, 0.3) is 0 Å². The zero-order valence-corrected chi connectivity index (χ0v) is 27.9. The minimum atomic E-state index is -3.67. The minimum Gasteiger partial charge on any atom is -0.378 e. The van der Waals surface area contributed by atoms with Gasteiger partial charge in [-0.2, -0.15) is 4.31 Å². The quantitative estimate of drug-likeness (QED) is 0.257. The van der Waals surface area contributed by atoms with Gasteiger partial charge in [0, 0.05) is 56.3 Å². The number of unbranched alkanes of at least 4 members (excludes halogenated alkanes) is 2. The van der Waals surface area contributed by atoms with E-state index >= 15 is 0 Å². The molecule has 3 aromatic rings. The number of hydrogen-bond acceptors (Lipinski definition) is 7. The number of nitrogens with zero attached hydrogens (tertiary/aromatic N) is 3. The molecule has 11 heteroatoms. The summed E-state index contributed by atoms with van der Waals surface area (Å²) < 4.78 is 33.9. The lowest BCUT2D eigenvalue weighted by Gasteiger charge is -2.29. The number of benzene rings is 2. The summed E-state index contributed by atoms with van der Waals surface area (Å²) in [5, 5.41) is 3.57. The van der Waals surface area contributed by atoms with Crippen molar-refractivity contribution < 1.29 is 22.7 Å². The van der Waals surface area contributed by atoms with Gasteiger partial charge in [0.1, 0.15) is 5.00 Å². The van der Waals surface area contributed by atoms with E-state index in [4.69, 9.17) is 4.74 Å². The first-order valence-corrected chi connectivity index (χ1v) is 18.3. The van der Waals surface area contributed by atoms with Crippen molar-refractivity contribution in [2.75, 3.05) is 51.3 Å². The summed E-state index contributed by atoms with van der Waals surface area (Å²) in [6.07, 6.45) is 4.13. The molecule has 2 aromatic carbocycles. The first-order chi connectivity index (χ1) is 21.8. The third-order valence-corrected chi connectivity index (χ3v) is 11.4. The number of amides is 2. The molecule has 45 heavy (non-hydrogen) atoms. The Morgan fingerprint density at radius 3 is 2.24 bits per heavy atom. The molecule has 0 aliphatic carbocycles. The largest absolute Gasteiger partial charge is 0.378 e. The average Bonchev–Trinajstić information content (AvgIpc) is 3.42. The van der Waals surface area contributed by atoms with Gasteiger partial charge in [-0.25, -0.2) is 8.42 Å². The monoisotopic (exact) mass is 652 g/mol. The molecule has 0 unspecified atom stereocenters. The number of morpholine rings is 1. The van der Waals surface area contributed by atoms with Crippen molar-refractivity contribution in [2.45, 2.75) is 63.9 Å². The highest BCUT2D eigenvalue weighted by Gasteiger charge is 2.32. The Morgan fingerprint density at radius 1 is 0.933 bits per heavy atom. The standard InChI is InChI=1S/C34H44N4O5S2/c1-3-5-17-38(18-6-4-2)45(41,42)28-14-12-27(13-15-28)32(39)35-33-31(34(40)37-20-22-43-23-21-37)29-16-19-36(25-30(29)44-33)24-26-10-8-7-9-11-26/h7-15H,3-6,16-25H2,1-2H3,(H,35,39). The van der Waals surface area contributed by atoms with Gasteiger partial charge < -0.3 is 15.0 Å². The summed E-state index contributed by atoms with van der Waals surface area (Å²) in [5.41, 5.74) is 3.16. The Balaban J connectivity index is 1.37. The van der Waals surface area contributed by atoms with Crippen LogP contribution >= 0.6 is 11.3 Å². The SMILES string of the molecule is CCCCN(CCCC)S(=O)(=O)c1ccc(C(=O)Nc2sc3c(c2C(=O)N2CCOCC2)CCN(Cc2ccccc2)C3)cc1. The Hall–Kier alpha value is -3.09. The molecule has 0 spiro atoms. The molecular weight excluding hydrogens is 609 g/mol. The van der Waals surface area contributed by atoms with Crippen molar-refractivity contribution in [1.82, 2.24) is 14.1 Å². The second-order valence-electron chi connectivity index (χ2n) is 11.6. The Bertz CT molecular complexity index is 1540. The third kappa shape index (κ3) is 8.01. The van der Waals surface area contributed by atoms with Gasteiger partial charge >= 0.3 is 0 Å². The fourth-order valence-corrected chi connectivity index (χ4v) is 8.59. The van der Waals surface area contributed by atoms with E-state index in [2.05, 4.69) is 22.3 Å². The molecule has 1 saturated heterocycles. The number of fused-ring (bicyclic) bond motifs is 1. The molecule has 9 nitrogen and oxygen atoms in total. The molecule has 0 radical (unpaired) electrons. The molecule has 2 aliphatic heterocycles. The minimum absolute atomic E-state index is 0.0803. The van der Waals surface area contributed by atoms with E-state index in [1.807, 2.05) is 32.0 Å². The molecule has 2 amide bonds. The lowest BCUT2D eigenvalue weighted by molar-refractivity contribution is 0.0302. The summed E-state index contributed by atoms with van der Waals surface area (Å²) in [4.78, 5) is 32.8. The number of carbonyl (C=O) groups excluding carboxylic acids is 2. The van der Waals surface area contributed by atoms with E-state index in [0.29, 0.717) is 62.1 Å². The van der Waals surface area contributed by atoms with Crippen molar-refractivity contribution in [1.29, 1.82) is 0 Å². The summed E-state index contributed by atoms with van der Waals surface area (Å²) >= 11 is 1.46. The number of hydrogen-bond donors (Lipinski definition) is 1. The number of ether oxygens (including phenoxy) is 1. The molecule has 2 aliphatic rings. The zero-order valence-electron chi connectivity index (χ0n) is 26.3. The highest BCUT2D eigenvalue weighted by molar-refractivity contribution is 7.89. The normalized spacial score (nSPS) is 15.7. The Labute approximate surface area is 271 Å². The number of sulfonamides is 1. The Kier molecular flexibility index (Phi) is 11.4. The Morgan fingerprint density at radius 2 is 1.60 bits per heavy atom. The maximum atomic E-state index is 13.9. The van der Waals surface area contributed by atoms with E-state index in [1.54, 1.807) is 21.3 Å². The van der Waals surface area contributed by atoms with Crippen LogP contribution in [0.4, 0.5) is 5.00 Å².